The number of allylic oxidation sites excluding steroid dienone is 1. The summed E-state index contributed by atoms with van der Waals surface area (Å²) in [6.07, 6.45) is 8.97. The molecule has 4 unspecified atom stereocenters. The van der Waals surface area contributed by atoms with Crippen molar-refractivity contribution < 1.29 is 29.2 Å². The highest BCUT2D eigenvalue weighted by Gasteiger charge is 2.66. The van der Waals surface area contributed by atoms with E-state index < -0.39 is 24.1 Å². The Hall–Kier alpha value is -1.51. The zero-order valence-electron chi connectivity index (χ0n) is 22.3. The average molecular weight is 515 g/mol. The van der Waals surface area contributed by atoms with Gasteiger partial charge in [0, 0.05) is 17.9 Å². The summed E-state index contributed by atoms with van der Waals surface area (Å²) in [4.78, 5) is 11.5. The molecule has 4 fully saturated rings. The van der Waals surface area contributed by atoms with Crippen LogP contribution in [0.1, 0.15) is 90.0 Å². The Morgan fingerprint density at radius 1 is 1.00 bits per heavy atom. The summed E-state index contributed by atoms with van der Waals surface area (Å²) in [6.45, 7) is 6.46. The molecule has 7 nitrogen and oxygen atoms in total. The Balaban J connectivity index is 1.21. The molecule has 0 aromatic carbocycles. The van der Waals surface area contributed by atoms with Crippen molar-refractivity contribution in [3.05, 3.63) is 46.0 Å². The molecule has 0 bridgehead atoms. The number of rotatable bonds is 3. The number of aliphatic hydroxyl groups is 3. The maximum Gasteiger partial charge on any atom is 0.335 e. The molecular formula is C30H42O7. The fraction of sp³-hybridized carbons (Fsp3) is 0.767. The molecule has 0 radical (unpaired) electrons. The minimum atomic E-state index is -0.827. The van der Waals surface area contributed by atoms with E-state index in [1.807, 2.05) is 13.0 Å². The highest BCUT2D eigenvalue weighted by molar-refractivity contribution is 5.31. The van der Waals surface area contributed by atoms with Crippen LogP contribution in [0.5, 0.6) is 0 Å². The van der Waals surface area contributed by atoms with Gasteiger partial charge in [0.1, 0.15) is 6.10 Å². The lowest BCUT2D eigenvalue weighted by Gasteiger charge is -2.62. The van der Waals surface area contributed by atoms with Gasteiger partial charge in [0.15, 0.2) is 6.29 Å². The summed E-state index contributed by atoms with van der Waals surface area (Å²) in [5.74, 6) is 0.864. The van der Waals surface area contributed by atoms with Gasteiger partial charge >= 0.3 is 5.63 Å². The maximum atomic E-state index is 12.4. The molecule has 0 spiro atoms. The van der Waals surface area contributed by atoms with Gasteiger partial charge in [-0.15, -0.1) is 0 Å². The van der Waals surface area contributed by atoms with Crippen LogP contribution in [0, 0.1) is 22.7 Å². The van der Waals surface area contributed by atoms with Crippen molar-refractivity contribution in [3.8, 4) is 0 Å². The van der Waals surface area contributed by atoms with E-state index >= 15 is 0 Å². The second-order valence-electron chi connectivity index (χ2n) is 13.0. The van der Waals surface area contributed by atoms with Crippen LogP contribution in [0.4, 0.5) is 0 Å². The lowest BCUT2D eigenvalue weighted by Crippen LogP contribution is -2.60. The van der Waals surface area contributed by atoms with Gasteiger partial charge in [-0.1, -0.05) is 25.5 Å². The predicted molar refractivity (Wildman–Crippen MR) is 137 cm³/mol. The molecule has 6 rings (SSSR count). The maximum absolute atomic E-state index is 12.4. The van der Waals surface area contributed by atoms with Gasteiger partial charge in [-0.25, -0.2) is 4.79 Å². The molecule has 0 amide bonds. The summed E-state index contributed by atoms with van der Waals surface area (Å²) >= 11 is 0. The van der Waals surface area contributed by atoms with E-state index in [1.165, 1.54) is 11.6 Å². The minimum absolute atomic E-state index is 0.0347. The van der Waals surface area contributed by atoms with Crippen molar-refractivity contribution in [2.75, 3.05) is 0 Å². The molecule has 5 aliphatic rings. The molecule has 1 aliphatic heterocycles. The van der Waals surface area contributed by atoms with Crippen LogP contribution in [-0.2, 0) is 9.47 Å². The molecule has 204 valence electrons. The Bertz CT molecular complexity index is 1090. The number of hydrogen-bond donors (Lipinski definition) is 3. The highest BCUT2D eigenvalue weighted by Crippen LogP contribution is 2.70. The monoisotopic (exact) mass is 514 g/mol. The van der Waals surface area contributed by atoms with Crippen molar-refractivity contribution in [3.63, 3.8) is 0 Å². The molecule has 2 heterocycles. The van der Waals surface area contributed by atoms with Gasteiger partial charge in [0.05, 0.1) is 30.2 Å². The SMILES string of the molecule is C[C@@H]1O[C@@H](O[C@@H]2C=C3CCC4C(CC[C@]5(C)[C@@H](c6ccc(=O)oc6)CCC45O)[C@@]3(C)CC2)[C@H](O)CC1O. The molecule has 37 heavy (non-hydrogen) atoms. The first kappa shape index (κ1) is 25.8. The normalized spacial score (nSPS) is 49.5. The van der Waals surface area contributed by atoms with Crippen LogP contribution in [-0.4, -0.2) is 51.6 Å². The quantitative estimate of drug-likeness (QED) is 0.522. The van der Waals surface area contributed by atoms with Crippen molar-refractivity contribution in [2.24, 2.45) is 22.7 Å². The van der Waals surface area contributed by atoms with E-state index in [0.717, 1.165) is 56.9 Å². The van der Waals surface area contributed by atoms with Crippen LogP contribution >= 0.6 is 0 Å². The second-order valence-corrected chi connectivity index (χ2v) is 13.0. The zero-order chi connectivity index (χ0) is 26.2. The van der Waals surface area contributed by atoms with Gasteiger partial charge in [0.25, 0.3) is 0 Å². The van der Waals surface area contributed by atoms with Gasteiger partial charge in [-0.3, -0.25) is 0 Å². The zero-order valence-corrected chi connectivity index (χ0v) is 22.3. The van der Waals surface area contributed by atoms with Gasteiger partial charge in [-0.05, 0) is 93.1 Å². The fourth-order valence-corrected chi connectivity index (χ4v) is 9.11. The van der Waals surface area contributed by atoms with Crippen LogP contribution in [0.3, 0.4) is 0 Å². The Morgan fingerprint density at radius 3 is 2.57 bits per heavy atom. The molecule has 1 saturated heterocycles. The molecule has 1 aromatic heterocycles. The first-order valence-corrected chi connectivity index (χ1v) is 14.2. The summed E-state index contributed by atoms with van der Waals surface area (Å²) in [5.41, 5.74) is 1.20. The Morgan fingerprint density at radius 2 is 1.81 bits per heavy atom. The summed E-state index contributed by atoms with van der Waals surface area (Å²) < 4.78 is 17.2. The molecule has 1 aromatic rings. The molecule has 3 saturated carbocycles. The molecule has 4 aliphatic carbocycles. The summed E-state index contributed by atoms with van der Waals surface area (Å²) in [7, 11) is 0. The van der Waals surface area contributed by atoms with Gasteiger partial charge in [0.2, 0.25) is 0 Å². The third-order valence-corrected chi connectivity index (χ3v) is 11.4. The number of hydrogen-bond acceptors (Lipinski definition) is 7. The largest absolute Gasteiger partial charge is 0.431 e. The number of aliphatic hydroxyl groups excluding tert-OH is 2. The molecule has 3 N–H and O–H groups in total. The van der Waals surface area contributed by atoms with E-state index in [2.05, 4.69) is 19.9 Å². The third kappa shape index (κ3) is 3.91. The van der Waals surface area contributed by atoms with Crippen molar-refractivity contribution in [1.29, 1.82) is 0 Å². The average Bonchev–Trinajstić information content (AvgIpc) is 3.14. The van der Waals surface area contributed by atoms with E-state index in [4.69, 9.17) is 13.9 Å². The minimum Gasteiger partial charge on any atom is -0.431 e. The first-order valence-electron chi connectivity index (χ1n) is 14.2. The fourth-order valence-electron chi connectivity index (χ4n) is 9.11. The van der Waals surface area contributed by atoms with Crippen molar-refractivity contribution in [1.82, 2.24) is 0 Å². The standard InChI is InChI=1S/C30H42O7/c1-17-24(31)15-25(32)27(36-17)37-20-8-11-28(2)19(14-20)5-6-23-22(28)9-12-29(3)21(10-13-30(23,29)34)18-4-7-26(33)35-16-18/h4,7,14,16-17,20-25,27,31-32,34H,5-6,8-13,15H2,1-3H3/t17-,20-,21+,22?,23?,24?,25+,27-,28-,29+,30?/m0/s1. The van der Waals surface area contributed by atoms with Crippen molar-refractivity contribution in [2.45, 2.75) is 121 Å². The van der Waals surface area contributed by atoms with Crippen molar-refractivity contribution >= 4 is 0 Å². The van der Waals surface area contributed by atoms with Gasteiger partial charge in [-0.2, -0.15) is 0 Å². The number of ether oxygens (including phenoxy) is 2. The summed E-state index contributed by atoms with van der Waals surface area (Å²) in [6, 6.07) is 3.39. The first-order chi connectivity index (χ1) is 17.5. The van der Waals surface area contributed by atoms with Crippen LogP contribution in [0.15, 0.2) is 39.3 Å². The lowest BCUT2D eigenvalue weighted by molar-refractivity contribution is -0.271. The van der Waals surface area contributed by atoms with Crippen LogP contribution < -0.4 is 5.63 Å². The van der Waals surface area contributed by atoms with E-state index in [9.17, 15) is 20.1 Å². The molecular weight excluding hydrogens is 472 g/mol. The second kappa shape index (κ2) is 9.02. The van der Waals surface area contributed by atoms with E-state index in [0.29, 0.717) is 5.92 Å². The van der Waals surface area contributed by atoms with E-state index in [1.54, 1.807) is 6.26 Å². The Labute approximate surface area is 218 Å². The summed E-state index contributed by atoms with van der Waals surface area (Å²) in [5, 5.41) is 32.8. The topological polar surface area (TPSA) is 109 Å². The lowest BCUT2D eigenvalue weighted by atomic mass is 9.45. The molecule has 11 atom stereocenters. The number of fused-ring (bicyclic) bond motifs is 5. The highest BCUT2D eigenvalue weighted by atomic mass is 16.7. The molecule has 7 heteroatoms. The van der Waals surface area contributed by atoms with Crippen LogP contribution in [0.25, 0.3) is 0 Å². The smallest absolute Gasteiger partial charge is 0.335 e. The van der Waals surface area contributed by atoms with Gasteiger partial charge < -0.3 is 29.2 Å². The predicted octanol–water partition coefficient (Wildman–Crippen LogP) is 4.04. The van der Waals surface area contributed by atoms with E-state index in [-0.39, 0.29) is 46.9 Å². The Kier molecular flexibility index (Phi) is 6.28. The van der Waals surface area contributed by atoms with Crippen LogP contribution in [0.2, 0.25) is 0 Å². The third-order valence-electron chi connectivity index (χ3n) is 11.4.